The number of halogens is 2. The highest BCUT2D eigenvalue weighted by atomic mass is 79.9. The number of carbonyl (C=O) groups is 2. The molecule has 0 saturated heterocycles. The summed E-state index contributed by atoms with van der Waals surface area (Å²) in [5.74, 6) is 0.518. The summed E-state index contributed by atoms with van der Waals surface area (Å²) in [5, 5.41) is 3.29. The van der Waals surface area contributed by atoms with Gasteiger partial charge in [0.25, 0.3) is 5.91 Å². The molecule has 1 N–H and O–H groups in total. The van der Waals surface area contributed by atoms with E-state index < -0.39 is 0 Å². The molecule has 1 atom stereocenters. The fraction of sp³-hybridized carbons (Fsp3) is 0.364. The van der Waals surface area contributed by atoms with E-state index in [1.807, 2.05) is 24.3 Å². The number of nitrogens with one attached hydrogen (secondary N) is 1. The lowest BCUT2D eigenvalue weighted by molar-refractivity contribution is -0.140. The topological polar surface area (TPSA) is 64.6 Å². The van der Waals surface area contributed by atoms with E-state index in [0.29, 0.717) is 22.3 Å². The Morgan fingerprint density at radius 1 is 1.14 bits per heavy atom. The van der Waals surface area contributed by atoms with Crippen molar-refractivity contribution < 1.29 is 19.1 Å². The van der Waals surface area contributed by atoms with E-state index >= 15 is 0 Å². The van der Waals surface area contributed by atoms with Crippen LogP contribution in [0.25, 0.3) is 0 Å². The van der Waals surface area contributed by atoms with Gasteiger partial charge >= 0.3 is 5.97 Å². The van der Waals surface area contributed by atoms with Crippen molar-refractivity contribution in [3.05, 3.63) is 63.1 Å². The number of benzene rings is 2. The Balaban J connectivity index is 2.08. The van der Waals surface area contributed by atoms with Gasteiger partial charge in [0.1, 0.15) is 11.9 Å². The molecule has 0 heterocycles. The number of rotatable bonds is 9. The quantitative estimate of drug-likeness (QED) is 0.475. The normalized spacial score (nSPS) is 11.8. The van der Waals surface area contributed by atoms with E-state index in [4.69, 9.17) is 16.3 Å². The molecule has 0 saturated carbocycles. The molecular weight excluding hydrogens is 458 g/mol. The number of ether oxygens (including phenoxy) is 2. The summed E-state index contributed by atoms with van der Waals surface area (Å²) in [7, 11) is 1.32. The third kappa shape index (κ3) is 7.37. The molecule has 0 aliphatic heterocycles. The molecule has 156 valence electrons. The van der Waals surface area contributed by atoms with Crippen LogP contribution >= 0.6 is 27.5 Å². The second-order valence-electron chi connectivity index (χ2n) is 7.02. The van der Waals surface area contributed by atoms with Gasteiger partial charge in [0.2, 0.25) is 0 Å². The molecule has 0 spiro atoms. The Morgan fingerprint density at radius 2 is 1.83 bits per heavy atom. The van der Waals surface area contributed by atoms with Gasteiger partial charge in [-0.15, -0.1) is 0 Å². The molecule has 0 radical (unpaired) electrons. The van der Waals surface area contributed by atoms with Crippen LogP contribution in [0.1, 0.15) is 48.7 Å². The number of esters is 1. The van der Waals surface area contributed by atoms with Crippen LogP contribution < -0.4 is 10.1 Å². The summed E-state index contributed by atoms with van der Waals surface area (Å²) in [6.07, 6.45) is 0.794. The molecule has 2 aromatic rings. The Morgan fingerprint density at radius 3 is 2.41 bits per heavy atom. The summed E-state index contributed by atoms with van der Waals surface area (Å²) < 4.78 is 11.6. The highest BCUT2D eigenvalue weighted by Gasteiger charge is 2.17. The number of hydrogen-bond acceptors (Lipinski definition) is 4. The van der Waals surface area contributed by atoms with Gasteiger partial charge in [-0.25, -0.2) is 0 Å². The average molecular weight is 483 g/mol. The van der Waals surface area contributed by atoms with E-state index in [-0.39, 0.29) is 30.9 Å². The van der Waals surface area contributed by atoms with Crippen LogP contribution in [0.3, 0.4) is 0 Å². The maximum absolute atomic E-state index is 12.2. The van der Waals surface area contributed by atoms with E-state index in [0.717, 1.165) is 16.5 Å². The Kier molecular flexibility index (Phi) is 8.99. The first-order chi connectivity index (χ1) is 13.8. The van der Waals surface area contributed by atoms with Crippen LogP contribution in [0, 0.1) is 5.92 Å². The van der Waals surface area contributed by atoms with Crippen molar-refractivity contribution >= 4 is 39.4 Å². The van der Waals surface area contributed by atoms with Crippen LogP contribution in [0.15, 0.2) is 46.9 Å². The number of methoxy groups -OCH3 is 1. The van der Waals surface area contributed by atoms with Crippen LogP contribution in [-0.4, -0.2) is 25.5 Å². The molecule has 1 amide bonds. The molecule has 7 heteroatoms. The van der Waals surface area contributed by atoms with Gasteiger partial charge in [-0.1, -0.05) is 37.6 Å². The van der Waals surface area contributed by atoms with Crippen molar-refractivity contribution in [2.45, 2.75) is 32.8 Å². The molecule has 0 bridgehead atoms. The van der Waals surface area contributed by atoms with E-state index in [9.17, 15) is 9.59 Å². The SMILES string of the molecule is COC(=O)CCNC(=O)c1ccc(C(CC(C)C)Oc2ccc(Br)c(Cl)c2)cc1. The third-order valence-electron chi connectivity index (χ3n) is 4.24. The van der Waals surface area contributed by atoms with Crippen LogP contribution in [0.4, 0.5) is 0 Å². The minimum absolute atomic E-state index is 0.139. The highest BCUT2D eigenvalue weighted by molar-refractivity contribution is 9.10. The van der Waals surface area contributed by atoms with Gasteiger partial charge in [-0.05, 0) is 64.2 Å². The van der Waals surface area contributed by atoms with Gasteiger partial charge in [-0.2, -0.15) is 0 Å². The molecule has 0 aliphatic rings. The van der Waals surface area contributed by atoms with E-state index in [1.165, 1.54) is 7.11 Å². The van der Waals surface area contributed by atoms with Gasteiger partial charge in [0, 0.05) is 16.6 Å². The zero-order valence-electron chi connectivity index (χ0n) is 16.7. The van der Waals surface area contributed by atoms with Gasteiger partial charge < -0.3 is 14.8 Å². The summed E-state index contributed by atoms with van der Waals surface area (Å²) in [6, 6.07) is 12.8. The fourth-order valence-electron chi connectivity index (χ4n) is 2.73. The maximum Gasteiger partial charge on any atom is 0.307 e. The molecule has 0 aromatic heterocycles. The molecule has 1 unspecified atom stereocenters. The lowest BCUT2D eigenvalue weighted by Crippen LogP contribution is -2.26. The van der Waals surface area contributed by atoms with Gasteiger partial charge in [0.15, 0.2) is 0 Å². The molecular formula is C22H25BrClNO4. The summed E-state index contributed by atoms with van der Waals surface area (Å²) in [5.41, 5.74) is 1.50. The van der Waals surface area contributed by atoms with E-state index in [2.05, 4.69) is 39.8 Å². The zero-order chi connectivity index (χ0) is 21.4. The van der Waals surface area contributed by atoms with E-state index in [1.54, 1.807) is 18.2 Å². The molecule has 0 fully saturated rings. The van der Waals surface area contributed by atoms with Crippen molar-refractivity contribution in [3.8, 4) is 5.75 Å². The first-order valence-corrected chi connectivity index (χ1v) is 10.5. The number of carbonyl (C=O) groups excluding carboxylic acids is 2. The summed E-state index contributed by atoms with van der Waals surface area (Å²) in [4.78, 5) is 23.3. The molecule has 2 aromatic carbocycles. The number of amides is 1. The summed E-state index contributed by atoms with van der Waals surface area (Å²) >= 11 is 9.56. The molecule has 0 aliphatic carbocycles. The number of hydrogen-bond donors (Lipinski definition) is 1. The average Bonchev–Trinajstić information content (AvgIpc) is 2.69. The van der Waals surface area contributed by atoms with Crippen molar-refractivity contribution in [3.63, 3.8) is 0 Å². The fourth-order valence-corrected chi connectivity index (χ4v) is 3.14. The maximum atomic E-state index is 12.2. The largest absolute Gasteiger partial charge is 0.486 e. The Hall–Kier alpha value is -2.05. The van der Waals surface area contributed by atoms with Crippen molar-refractivity contribution in [1.82, 2.24) is 5.32 Å². The minimum Gasteiger partial charge on any atom is -0.486 e. The van der Waals surface area contributed by atoms with Crippen molar-refractivity contribution in [2.24, 2.45) is 5.92 Å². The third-order valence-corrected chi connectivity index (χ3v) is 5.47. The van der Waals surface area contributed by atoms with Crippen molar-refractivity contribution in [1.29, 1.82) is 0 Å². The molecule has 5 nitrogen and oxygen atoms in total. The van der Waals surface area contributed by atoms with Crippen LogP contribution in [0.5, 0.6) is 5.75 Å². The van der Waals surface area contributed by atoms with Crippen LogP contribution in [-0.2, 0) is 9.53 Å². The van der Waals surface area contributed by atoms with Gasteiger partial charge in [0.05, 0.1) is 18.6 Å². The van der Waals surface area contributed by atoms with Gasteiger partial charge in [-0.3, -0.25) is 9.59 Å². The smallest absolute Gasteiger partial charge is 0.307 e. The standard InChI is InChI=1S/C22H25BrClNO4/c1-14(2)12-20(29-17-8-9-18(23)19(24)13-17)15-4-6-16(7-5-15)22(27)25-11-10-21(26)28-3/h4-9,13-14,20H,10-12H2,1-3H3,(H,25,27). The lowest BCUT2D eigenvalue weighted by Gasteiger charge is -2.22. The molecule has 29 heavy (non-hydrogen) atoms. The first-order valence-electron chi connectivity index (χ1n) is 9.36. The predicted molar refractivity (Wildman–Crippen MR) is 117 cm³/mol. The lowest BCUT2D eigenvalue weighted by atomic mass is 9.98. The highest BCUT2D eigenvalue weighted by Crippen LogP contribution is 2.32. The Labute approximate surface area is 184 Å². The second kappa shape index (κ2) is 11.2. The van der Waals surface area contributed by atoms with Crippen molar-refractivity contribution in [2.75, 3.05) is 13.7 Å². The molecule has 2 rings (SSSR count). The first kappa shape index (κ1) is 23.2. The Bertz CT molecular complexity index is 839. The summed E-state index contributed by atoms with van der Waals surface area (Å²) in [6.45, 7) is 4.50. The predicted octanol–water partition coefficient (Wildman–Crippen LogP) is 5.56. The zero-order valence-corrected chi connectivity index (χ0v) is 19.0. The minimum atomic E-state index is -0.359. The second-order valence-corrected chi connectivity index (χ2v) is 8.28. The van der Waals surface area contributed by atoms with Crippen LogP contribution in [0.2, 0.25) is 5.02 Å². The monoisotopic (exact) mass is 481 g/mol.